The van der Waals surface area contributed by atoms with Gasteiger partial charge in [-0.05, 0) is 31.2 Å². The summed E-state index contributed by atoms with van der Waals surface area (Å²) in [5.41, 5.74) is 2.41. The number of benzene rings is 1. The van der Waals surface area contributed by atoms with Gasteiger partial charge in [0.2, 0.25) is 0 Å². The molecule has 32 heavy (non-hydrogen) atoms. The molecule has 0 radical (unpaired) electrons. The Kier molecular flexibility index (Phi) is 5.91. The van der Waals surface area contributed by atoms with Gasteiger partial charge in [-0.3, -0.25) is 18.9 Å². The number of rotatable bonds is 7. The Morgan fingerprint density at radius 2 is 1.78 bits per heavy atom. The van der Waals surface area contributed by atoms with Crippen LogP contribution >= 0.6 is 0 Å². The summed E-state index contributed by atoms with van der Waals surface area (Å²) in [5, 5.41) is 0.425. The van der Waals surface area contributed by atoms with Crippen LogP contribution in [0, 0.1) is 6.92 Å². The summed E-state index contributed by atoms with van der Waals surface area (Å²) < 4.78 is 12.1. The zero-order chi connectivity index (χ0) is 22.8. The predicted octanol–water partition coefficient (Wildman–Crippen LogP) is 2.28. The van der Waals surface area contributed by atoms with E-state index >= 15 is 0 Å². The van der Waals surface area contributed by atoms with Crippen LogP contribution in [-0.4, -0.2) is 45.0 Å². The molecule has 166 valence electrons. The molecule has 0 aliphatic carbocycles. The first-order valence-corrected chi connectivity index (χ1v) is 10.3. The van der Waals surface area contributed by atoms with Gasteiger partial charge in [0.05, 0.1) is 37.4 Å². The molecule has 0 saturated heterocycles. The highest BCUT2D eigenvalue weighted by Gasteiger charge is 2.14. The van der Waals surface area contributed by atoms with Gasteiger partial charge >= 0.3 is 0 Å². The number of H-pyrrole nitrogens is 1. The molecule has 1 aromatic carbocycles. The number of methoxy groups -OCH3 is 2. The van der Waals surface area contributed by atoms with E-state index in [1.54, 1.807) is 28.8 Å². The van der Waals surface area contributed by atoms with E-state index in [2.05, 4.69) is 19.9 Å². The lowest BCUT2D eigenvalue weighted by atomic mass is 10.2. The van der Waals surface area contributed by atoms with Gasteiger partial charge in [0, 0.05) is 24.9 Å². The van der Waals surface area contributed by atoms with Gasteiger partial charge in [-0.2, -0.15) is 0 Å². The van der Waals surface area contributed by atoms with Crippen LogP contribution in [0.15, 0.2) is 46.1 Å². The second kappa shape index (κ2) is 8.80. The molecule has 3 heterocycles. The summed E-state index contributed by atoms with van der Waals surface area (Å²) in [6.45, 7) is 5.46. The van der Waals surface area contributed by atoms with Crippen LogP contribution < -0.4 is 20.6 Å². The zero-order valence-corrected chi connectivity index (χ0v) is 18.5. The molecule has 1 N–H and O–H groups in total. The van der Waals surface area contributed by atoms with Crippen LogP contribution in [0.4, 0.5) is 0 Å². The highest BCUT2D eigenvalue weighted by Crippen LogP contribution is 2.29. The predicted molar refractivity (Wildman–Crippen MR) is 121 cm³/mol. The zero-order valence-electron chi connectivity index (χ0n) is 18.5. The molecule has 0 fully saturated rings. The smallest absolute Gasteiger partial charge is 0.258 e. The summed E-state index contributed by atoms with van der Waals surface area (Å²) in [6.07, 6.45) is 1.78. The fourth-order valence-electron chi connectivity index (χ4n) is 3.65. The molecule has 0 saturated carbocycles. The minimum atomic E-state index is -0.251. The summed E-state index contributed by atoms with van der Waals surface area (Å²) in [6, 6.07) is 8.62. The fourth-order valence-corrected chi connectivity index (χ4v) is 3.65. The van der Waals surface area contributed by atoms with Crippen molar-refractivity contribution in [2.45, 2.75) is 26.9 Å². The van der Waals surface area contributed by atoms with Crippen molar-refractivity contribution in [1.82, 2.24) is 24.3 Å². The van der Waals surface area contributed by atoms with E-state index in [0.29, 0.717) is 59.2 Å². The Labute approximate surface area is 184 Å². The van der Waals surface area contributed by atoms with Gasteiger partial charge in [0.1, 0.15) is 11.5 Å². The molecule has 0 atom stereocenters. The normalized spacial score (nSPS) is 11.4. The lowest BCUT2D eigenvalue weighted by molar-refractivity contribution is 0.261. The topological polar surface area (TPSA) is 102 Å². The van der Waals surface area contributed by atoms with Crippen molar-refractivity contribution in [2.75, 3.05) is 20.8 Å². The van der Waals surface area contributed by atoms with Gasteiger partial charge in [-0.15, -0.1) is 0 Å². The molecular formula is C23H25N5O4. The van der Waals surface area contributed by atoms with E-state index in [-0.39, 0.29) is 11.1 Å². The van der Waals surface area contributed by atoms with Gasteiger partial charge < -0.3 is 14.5 Å². The van der Waals surface area contributed by atoms with Crippen LogP contribution in [-0.2, 0) is 13.1 Å². The first kappa shape index (κ1) is 21.5. The Hall–Kier alpha value is -3.72. The molecule has 4 aromatic rings. The Morgan fingerprint density at radius 3 is 2.50 bits per heavy atom. The second-order valence-corrected chi connectivity index (χ2v) is 7.56. The average Bonchev–Trinajstić information content (AvgIpc) is 2.78. The third kappa shape index (κ3) is 4.19. The largest absolute Gasteiger partial charge is 0.493 e. The minimum absolute atomic E-state index is 0.122. The maximum atomic E-state index is 12.6. The minimum Gasteiger partial charge on any atom is -0.493 e. The molecule has 0 unspecified atom stereocenters. The molecule has 9 nitrogen and oxygen atoms in total. The molecule has 4 rings (SSSR count). The van der Waals surface area contributed by atoms with Gasteiger partial charge in [-0.25, -0.2) is 9.97 Å². The second-order valence-electron chi connectivity index (χ2n) is 7.56. The van der Waals surface area contributed by atoms with Gasteiger partial charge in [-0.1, -0.05) is 13.0 Å². The molecule has 0 spiro atoms. The lowest BCUT2D eigenvalue weighted by Crippen LogP contribution is -2.27. The van der Waals surface area contributed by atoms with Crippen LogP contribution in [0.25, 0.3) is 16.6 Å². The summed E-state index contributed by atoms with van der Waals surface area (Å²) >= 11 is 0. The summed E-state index contributed by atoms with van der Waals surface area (Å²) in [7, 11) is 3.06. The van der Waals surface area contributed by atoms with E-state index in [9.17, 15) is 9.59 Å². The van der Waals surface area contributed by atoms with E-state index in [0.717, 1.165) is 5.56 Å². The van der Waals surface area contributed by atoms with Crippen LogP contribution in [0.1, 0.15) is 24.0 Å². The maximum absolute atomic E-state index is 12.6. The van der Waals surface area contributed by atoms with Crippen molar-refractivity contribution in [3.8, 4) is 11.5 Å². The van der Waals surface area contributed by atoms with E-state index in [4.69, 9.17) is 9.47 Å². The Morgan fingerprint density at radius 1 is 1.03 bits per heavy atom. The molecule has 0 aliphatic heterocycles. The summed E-state index contributed by atoms with van der Waals surface area (Å²) in [4.78, 5) is 39.3. The standard InChI is InChI=1S/C23H25N5O4/c1-5-27(12-15-8-22(29)28-11-14(2)6-7-21(28)24-15)13-20-25-17-10-19(32-4)18(31-3)9-16(17)23(30)26-20/h6-11H,5,12-13H2,1-4H3,(H,25,26,30). The SMILES string of the molecule is CCN(Cc1cc(=O)n2cc(C)ccc2n1)Cc1nc2cc(OC)c(OC)cc2c(=O)[nH]1. The first-order chi connectivity index (χ1) is 15.4. The number of nitrogens with one attached hydrogen (secondary N) is 1. The Balaban J connectivity index is 1.63. The molecule has 3 aromatic heterocycles. The quantitative estimate of drug-likeness (QED) is 0.475. The number of ether oxygens (including phenoxy) is 2. The van der Waals surface area contributed by atoms with Gasteiger partial charge in [0.25, 0.3) is 11.1 Å². The van der Waals surface area contributed by atoms with Gasteiger partial charge in [0.15, 0.2) is 11.5 Å². The van der Waals surface area contributed by atoms with Crippen molar-refractivity contribution in [2.24, 2.45) is 0 Å². The Bertz CT molecular complexity index is 1410. The number of fused-ring (bicyclic) bond motifs is 2. The maximum Gasteiger partial charge on any atom is 0.258 e. The number of pyridine rings is 1. The molecule has 0 amide bonds. The molecule has 9 heteroatoms. The van der Waals surface area contributed by atoms with Crippen molar-refractivity contribution in [3.05, 3.63) is 74.3 Å². The van der Waals surface area contributed by atoms with Crippen LogP contribution in [0.5, 0.6) is 11.5 Å². The number of hydrogen-bond acceptors (Lipinski definition) is 7. The fraction of sp³-hybridized carbons (Fsp3) is 0.304. The monoisotopic (exact) mass is 435 g/mol. The molecular weight excluding hydrogens is 410 g/mol. The van der Waals surface area contributed by atoms with Crippen LogP contribution in [0.3, 0.4) is 0 Å². The highest BCUT2D eigenvalue weighted by molar-refractivity contribution is 5.81. The van der Waals surface area contributed by atoms with E-state index in [1.165, 1.54) is 14.2 Å². The first-order valence-electron chi connectivity index (χ1n) is 10.3. The van der Waals surface area contributed by atoms with Crippen LogP contribution in [0.2, 0.25) is 0 Å². The van der Waals surface area contributed by atoms with Crippen molar-refractivity contribution < 1.29 is 9.47 Å². The molecule has 0 bridgehead atoms. The van der Waals surface area contributed by atoms with E-state index in [1.807, 2.05) is 26.0 Å². The van der Waals surface area contributed by atoms with Crippen molar-refractivity contribution in [3.63, 3.8) is 0 Å². The third-order valence-corrected chi connectivity index (χ3v) is 5.33. The van der Waals surface area contributed by atoms with Crippen molar-refractivity contribution >= 4 is 16.6 Å². The number of aromatic nitrogens is 4. The third-order valence-electron chi connectivity index (χ3n) is 5.33. The van der Waals surface area contributed by atoms with E-state index < -0.39 is 0 Å². The number of aryl methyl sites for hydroxylation is 1. The average molecular weight is 435 g/mol. The molecule has 0 aliphatic rings. The number of nitrogens with zero attached hydrogens (tertiary/aromatic N) is 4. The summed E-state index contributed by atoms with van der Waals surface area (Å²) in [5.74, 6) is 1.50. The number of hydrogen-bond donors (Lipinski definition) is 1. The number of aromatic amines is 1. The lowest BCUT2D eigenvalue weighted by Gasteiger charge is -2.19. The highest BCUT2D eigenvalue weighted by atomic mass is 16.5. The van der Waals surface area contributed by atoms with Crippen molar-refractivity contribution in [1.29, 1.82) is 0 Å².